The molecular weight excluding hydrogens is 416 g/mol. The lowest BCUT2D eigenvalue weighted by molar-refractivity contribution is -0.141. The summed E-state index contributed by atoms with van der Waals surface area (Å²) in [7, 11) is 1.48. The maximum Gasteiger partial charge on any atom is 0.302 e. The van der Waals surface area contributed by atoms with Gasteiger partial charge in [0.25, 0.3) is 0 Å². The highest BCUT2D eigenvalue weighted by molar-refractivity contribution is 5.98. The van der Waals surface area contributed by atoms with Crippen molar-refractivity contribution in [1.29, 1.82) is 10.5 Å². The van der Waals surface area contributed by atoms with Gasteiger partial charge in [-0.25, -0.2) is 9.98 Å². The Morgan fingerprint density at radius 3 is 2.72 bits per heavy atom. The summed E-state index contributed by atoms with van der Waals surface area (Å²) in [5.41, 5.74) is 13.3. The number of carbonyl (C=O) groups excluding carboxylic acids is 1. The minimum Gasteiger partial charge on any atom is -0.493 e. The molecule has 3 rings (SSSR count). The van der Waals surface area contributed by atoms with Crippen LogP contribution in [0.2, 0.25) is 0 Å². The molecule has 0 aliphatic carbocycles. The van der Waals surface area contributed by atoms with Crippen LogP contribution < -0.4 is 31.6 Å². The molecule has 32 heavy (non-hydrogen) atoms. The second-order valence-electron chi connectivity index (χ2n) is 6.50. The minimum atomic E-state index is -0.716. The molecule has 12 nitrogen and oxygen atoms in total. The van der Waals surface area contributed by atoms with Crippen LogP contribution in [-0.2, 0) is 9.53 Å². The Balaban J connectivity index is 2.02. The molecule has 164 valence electrons. The molecule has 1 aliphatic heterocycles. The van der Waals surface area contributed by atoms with Gasteiger partial charge in [0.15, 0.2) is 17.7 Å². The molecule has 1 atom stereocenters. The molecule has 12 heteroatoms. The first-order valence-electron chi connectivity index (χ1n) is 9.32. The Morgan fingerprint density at radius 2 is 2.06 bits per heavy atom. The zero-order valence-electron chi connectivity index (χ0n) is 17.3. The van der Waals surface area contributed by atoms with Gasteiger partial charge in [0.1, 0.15) is 42.5 Å². The van der Waals surface area contributed by atoms with Gasteiger partial charge in [-0.1, -0.05) is 6.07 Å². The average molecular weight is 436 g/mol. The number of nitrogen functional groups attached to an aromatic ring is 2. The van der Waals surface area contributed by atoms with Crippen LogP contribution in [0.3, 0.4) is 0 Å². The van der Waals surface area contributed by atoms with Gasteiger partial charge in [-0.05, 0) is 17.7 Å². The molecule has 0 saturated carbocycles. The zero-order valence-corrected chi connectivity index (χ0v) is 17.3. The fourth-order valence-corrected chi connectivity index (χ4v) is 3.13. The average Bonchev–Trinajstić information content (AvgIpc) is 2.76. The highest BCUT2D eigenvalue weighted by Crippen LogP contribution is 2.42. The lowest BCUT2D eigenvalue weighted by Crippen LogP contribution is -2.32. The smallest absolute Gasteiger partial charge is 0.302 e. The first-order valence-corrected chi connectivity index (χ1v) is 9.32. The van der Waals surface area contributed by atoms with Crippen molar-refractivity contribution in [3.8, 4) is 23.8 Å². The van der Waals surface area contributed by atoms with Crippen LogP contribution in [0.15, 0.2) is 23.2 Å². The van der Waals surface area contributed by atoms with Gasteiger partial charge in [-0.15, -0.1) is 0 Å². The molecule has 0 amide bonds. The van der Waals surface area contributed by atoms with Gasteiger partial charge in [-0.2, -0.15) is 10.5 Å². The summed E-state index contributed by atoms with van der Waals surface area (Å²) in [5.74, 6) is 0.807. The summed E-state index contributed by atoms with van der Waals surface area (Å²) in [6.07, 6.45) is 1.79. The fourth-order valence-electron chi connectivity index (χ4n) is 3.13. The summed E-state index contributed by atoms with van der Waals surface area (Å²) in [6, 6.07) is 6.33. The van der Waals surface area contributed by atoms with Gasteiger partial charge in [0.05, 0.1) is 12.8 Å². The number of pyridine rings is 1. The third kappa shape index (κ3) is 4.39. The Labute approximate surface area is 183 Å². The number of nitriles is 2. The number of guanidine groups is 1. The first-order chi connectivity index (χ1) is 15.4. The first kappa shape index (κ1) is 22.0. The molecule has 0 saturated heterocycles. The van der Waals surface area contributed by atoms with Gasteiger partial charge in [-0.3, -0.25) is 10.1 Å². The number of aliphatic imine (C=N–C) groups is 1. The minimum absolute atomic E-state index is 0.0395. The predicted octanol–water partition coefficient (Wildman–Crippen LogP) is 1.01. The summed E-state index contributed by atoms with van der Waals surface area (Å²) >= 11 is 0. The standard InChI is InChI=1S/C20H20N8O4/c1-10(29)31-5-6-32-13-4-3-11(7-14(13)30-2)17-15-16(23)12(8-21)18(24)27-19(15)28-20(26-17)25-9-22/h3-4,7,17H,5-6H2,1-2H3,(H6,23,24,25,26,27,28). The molecule has 0 spiro atoms. The monoisotopic (exact) mass is 436 g/mol. The number of hydrogen-bond acceptors (Lipinski definition) is 12. The van der Waals surface area contributed by atoms with E-state index in [-0.39, 0.29) is 42.1 Å². The van der Waals surface area contributed by atoms with Crippen LogP contribution in [0.1, 0.15) is 29.7 Å². The maximum absolute atomic E-state index is 10.9. The van der Waals surface area contributed by atoms with Gasteiger partial charge in [0.2, 0.25) is 5.96 Å². The lowest BCUT2D eigenvalue weighted by atomic mass is 9.95. The van der Waals surface area contributed by atoms with Crippen molar-refractivity contribution in [2.75, 3.05) is 37.1 Å². The molecule has 1 unspecified atom stereocenters. The van der Waals surface area contributed by atoms with E-state index < -0.39 is 12.0 Å². The van der Waals surface area contributed by atoms with Crippen molar-refractivity contribution in [3.05, 3.63) is 34.9 Å². The highest BCUT2D eigenvalue weighted by atomic mass is 16.6. The molecule has 1 aromatic carbocycles. The molecule has 0 bridgehead atoms. The number of fused-ring (bicyclic) bond motifs is 1. The van der Waals surface area contributed by atoms with Crippen LogP contribution in [0.4, 0.5) is 17.3 Å². The Hall–Kier alpha value is -4.71. The number of rotatable bonds is 6. The van der Waals surface area contributed by atoms with Gasteiger partial charge >= 0.3 is 5.97 Å². The lowest BCUT2D eigenvalue weighted by Gasteiger charge is -2.26. The van der Waals surface area contributed by atoms with Crippen molar-refractivity contribution < 1.29 is 19.0 Å². The number of esters is 1. The molecule has 1 aromatic heterocycles. The normalized spacial score (nSPS) is 14.0. The number of carbonyl (C=O) groups is 1. The number of nitrogens with two attached hydrogens (primary N) is 2. The highest BCUT2D eigenvalue weighted by Gasteiger charge is 2.30. The van der Waals surface area contributed by atoms with Crippen LogP contribution >= 0.6 is 0 Å². The molecular formula is C20H20N8O4. The molecule has 0 fully saturated rings. The van der Waals surface area contributed by atoms with E-state index in [0.29, 0.717) is 22.6 Å². The summed E-state index contributed by atoms with van der Waals surface area (Å²) < 4.78 is 15.9. The third-order valence-electron chi connectivity index (χ3n) is 4.51. The topological polar surface area (TPSA) is 194 Å². The van der Waals surface area contributed by atoms with E-state index >= 15 is 0 Å². The van der Waals surface area contributed by atoms with Crippen LogP contribution in [0.5, 0.6) is 11.5 Å². The Bertz CT molecular complexity index is 1170. The summed E-state index contributed by atoms with van der Waals surface area (Å²) in [6.45, 7) is 1.55. The third-order valence-corrected chi connectivity index (χ3v) is 4.51. The SMILES string of the molecule is COc1cc(C2N=C(NC#N)Nc3nc(N)c(C#N)c(N)c32)ccc1OCCOC(C)=O. The number of nitrogens with one attached hydrogen (secondary N) is 2. The number of anilines is 3. The van der Waals surface area contributed by atoms with Crippen molar-refractivity contribution in [1.82, 2.24) is 10.3 Å². The molecule has 6 N–H and O–H groups in total. The van der Waals surface area contributed by atoms with Crippen molar-refractivity contribution in [2.45, 2.75) is 13.0 Å². The van der Waals surface area contributed by atoms with E-state index in [4.69, 9.17) is 30.9 Å². The van der Waals surface area contributed by atoms with E-state index in [2.05, 4.69) is 20.6 Å². The van der Waals surface area contributed by atoms with Crippen molar-refractivity contribution in [3.63, 3.8) is 0 Å². The second kappa shape index (κ2) is 9.40. The Kier molecular flexibility index (Phi) is 6.46. The number of hydrogen-bond donors (Lipinski definition) is 4. The van der Waals surface area contributed by atoms with Crippen molar-refractivity contribution in [2.24, 2.45) is 4.99 Å². The quantitative estimate of drug-likeness (QED) is 0.218. The summed E-state index contributed by atoms with van der Waals surface area (Å²) in [5, 5.41) is 23.7. The number of benzene rings is 1. The molecule has 0 radical (unpaired) electrons. The van der Waals surface area contributed by atoms with Crippen LogP contribution in [-0.4, -0.2) is 37.2 Å². The van der Waals surface area contributed by atoms with E-state index in [9.17, 15) is 10.1 Å². The number of ether oxygens (including phenoxy) is 3. The zero-order chi connectivity index (χ0) is 23.3. The molecule has 2 heterocycles. The van der Waals surface area contributed by atoms with E-state index in [0.717, 1.165) is 0 Å². The van der Waals surface area contributed by atoms with E-state index in [1.807, 2.05) is 6.07 Å². The maximum atomic E-state index is 10.9. The van der Waals surface area contributed by atoms with Crippen molar-refractivity contribution >= 4 is 29.3 Å². The van der Waals surface area contributed by atoms with Gasteiger partial charge < -0.3 is 31.0 Å². The van der Waals surface area contributed by atoms with Gasteiger partial charge in [0, 0.05) is 12.5 Å². The number of methoxy groups -OCH3 is 1. The van der Waals surface area contributed by atoms with E-state index in [1.165, 1.54) is 14.0 Å². The Morgan fingerprint density at radius 1 is 1.28 bits per heavy atom. The predicted molar refractivity (Wildman–Crippen MR) is 115 cm³/mol. The number of nitrogens with zero attached hydrogens (tertiary/aromatic N) is 4. The molecule has 1 aliphatic rings. The fraction of sp³-hybridized carbons (Fsp3) is 0.250. The molecule has 2 aromatic rings. The van der Waals surface area contributed by atoms with Crippen LogP contribution in [0.25, 0.3) is 0 Å². The second-order valence-corrected chi connectivity index (χ2v) is 6.50. The summed E-state index contributed by atoms with van der Waals surface area (Å²) in [4.78, 5) is 19.6. The van der Waals surface area contributed by atoms with E-state index in [1.54, 1.807) is 24.4 Å². The van der Waals surface area contributed by atoms with Crippen LogP contribution in [0, 0.1) is 22.8 Å². The largest absolute Gasteiger partial charge is 0.493 e. The number of aromatic nitrogens is 1.